The maximum atomic E-state index is 5.35. The molecule has 1 aromatic heterocycles. The van der Waals surface area contributed by atoms with Crippen molar-refractivity contribution in [1.82, 2.24) is 4.98 Å². The lowest BCUT2D eigenvalue weighted by atomic mass is 10.1. The SMILES string of the molecule is COc1cc(CNc2cccnc2C)cc(OC)c1OC. The van der Waals surface area contributed by atoms with Gasteiger partial charge in [0.2, 0.25) is 5.75 Å². The zero-order valence-electron chi connectivity index (χ0n) is 12.8. The Bertz CT molecular complexity index is 589. The standard InChI is InChI=1S/C16H20N2O3/c1-11-13(6-5-7-17-11)18-10-12-8-14(19-2)16(21-4)15(9-12)20-3/h5-9,18H,10H2,1-4H3. The number of anilines is 1. The Labute approximate surface area is 124 Å². The van der Waals surface area contributed by atoms with Gasteiger partial charge in [-0.15, -0.1) is 0 Å². The number of ether oxygens (including phenoxy) is 3. The van der Waals surface area contributed by atoms with E-state index >= 15 is 0 Å². The molecule has 1 N–H and O–H groups in total. The summed E-state index contributed by atoms with van der Waals surface area (Å²) in [6, 6.07) is 7.77. The predicted octanol–water partition coefficient (Wildman–Crippen LogP) is 3.03. The Morgan fingerprint density at radius 3 is 2.24 bits per heavy atom. The second-order valence-electron chi connectivity index (χ2n) is 4.52. The molecule has 0 aliphatic heterocycles. The van der Waals surface area contributed by atoms with Crippen molar-refractivity contribution in [3.8, 4) is 17.2 Å². The van der Waals surface area contributed by atoms with Crippen LogP contribution in [0.4, 0.5) is 5.69 Å². The van der Waals surface area contributed by atoms with Crippen LogP contribution < -0.4 is 19.5 Å². The summed E-state index contributed by atoms with van der Waals surface area (Å²) >= 11 is 0. The highest BCUT2D eigenvalue weighted by molar-refractivity contribution is 5.55. The number of rotatable bonds is 6. The lowest BCUT2D eigenvalue weighted by Gasteiger charge is -2.15. The van der Waals surface area contributed by atoms with E-state index in [-0.39, 0.29) is 0 Å². The van der Waals surface area contributed by atoms with Gasteiger partial charge >= 0.3 is 0 Å². The number of nitrogens with zero attached hydrogens (tertiary/aromatic N) is 1. The maximum absolute atomic E-state index is 5.35. The van der Waals surface area contributed by atoms with Crippen molar-refractivity contribution in [2.24, 2.45) is 0 Å². The van der Waals surface area contributed by atoms with Crippen LogP contribution in [0.5, 0.6) is 17.2 Å². The van der Waals surface area contributed by atoms with Crippen molar-refractivity contribution < 1.29 is 14.2 Å². The largest absolute Gasteiger partial charge is 0.493 e. The molecule has 2 aromatic rings. The molecule has 0 aliphatic carbocycles. The first kappa shape index (κ1) is 15.0. The number of methoxy groups -OCH3 is 3. The van der Waals surface area contributed by atoms with Crippen LogP contribution in [-0.4, -0.2) is 26.3 Å². The van der Waals surface area contributed by atoms with Gasteiger partial charge in [0, 0.05) is 12.7 Å². The van der Waals surface area contributed by atoms with Crippen molar-refractivity contribution in [3.05, 3.63) is 41.7 Å². The monoisotopic (exact) mass is 288 g/mol. The van der Waals surface area contributed by atoms with Gasteiger partial charge in [-0.25, -0.2) is 0 Å². The minimum absolute atomic E-state index is 0.598. The smallest absolute Gasteiger partial charge is 0.203 e. The number of nitrogens with one attached hydrogen (secondary N) is 1. The van der Waals surface area contributed by atoms with E-state index in [0.717, 1.165) is 16.9 Å². The molecule has 0 aliphatic rings. The van der Waals surface area contributed by atoms with Gasteiger partial charge in [-0.2, -0.15) is 0 Å². The summed E-state index contributed by atoms with van der Waals surface area (Å²) in [6.07, 6.45) is 1.78. The van der Waals surface area contributed by atoms with Crippen LogP contribution in [0, 0.1) is 6.92 Å². The van der Waals surface area contributed by atoms with Gasteiger partial charge < -0.3 is 19.5 Å². The molecular formula is C16H20N2O3. The average Bonchev–Trinajstić information content (AvgIpc) is 2.52. The Hall–Kier alpha value is -2.43. The van der Waals surface area contributed by atoms with Gasteiger partial charge in [0.05, 0.1) is 32.7 Å². The third-order valence-corrected chi connectivity index (χ3v) is 3.21. The molecule has 0 saturated carbocycles. The van der Waals surface area contributed by atoms with E-state index in [1.165, 1.54) is 0 Å². The highest BCUT2D eigenvalue weighted by atomic mass is 16.5. The molecule has 0 radical (unpaired) electrons. The second-order valence-corrected chi connectivity index (χ2v) is 4.52. The fourth-order valence-electron chi connectivity index (χ4n) is 2.11. The van der Waals surface area contributed by atoms with Crippen LogP contribution in [0.3, 0.4) is 0 Å². The summed E-state index contributed by atoms with van der Waals surface area (Å²) < 4.78 is 16.0. The van der Waals surface area contributed by atoms with Crippen LogP contribution in [0.1, 0.15) is 11.3 Å². The first-order chi connectivity index (χ1) is 10.2. The summed E-state index contributed by atoms with van der Waals surface area (Å²) in [6.45, 7) is 2.61. The molecule has 112 valence electrons. The van der Waals surface area contributed by atoms with Crippen LogP contribution in [-0.2, 0) is 6.54 Å². The molecule has 0 bridgehead atoms. The van der Waals surface area contributed by atoms with E-state index in [4.69, 9.17) is 14.2 Å². The highest BCUT2D eigenvalue weighted by Crippen LogP contribution is 2.38. The molecule has 0 saturated heterocycles. The molecule has 0 atom stereocenters. The van der Waals surface area contributed by atoms with Crippen LogP contribution in [0.25, 0.3) is 0 Å². The Balaban J connectivity index is 2.22. The van der Waals surface area contributed by atoms with Gasteiger partial charge in [-0.3, -0.25) is 4.98 Å². The summed E-state index contributed by atoms with van der Waals surface area (Å²) in [7, 11) is 4.82. The summed E-state index contributed by atoms with van der Waals surface area (Å²) in [5.41, 5.74) is 3.00. The van der Waals surface area contributed by atoms with Gasteiger partial charge in [0.15, 0.2) is 11.5 Å². The molecule has 0 unspecified atom stereocenters. The average molecular weight is 288 g/mol. The fraction of sp³-hybridized carbons (Fsp3) is 0.312. The van der Waals surface area contributed by atoms with E-state index in [2.05, 4.69) is 10.3 Å². The molecule has 5 heteroatoms. The lowest BCUT2D eigenvalue weighted by Crippen LogP contribution is -2.03. The van der Waals surface area contributed by atoms with Gasteiger partial charge in [-0.05, 0) is 36.8 Å². The quantitative estimate of drug-likeness (QED) is 0.885. The van der Waals surface area contributed by atoms with Gasteiger partial charge in [0.1, 0.15) is 0 Å². The normalized spacial score (nSPS) is 10.1. The van der Waals surface area contributed by atoms with E-state index in [1.807, 2.05) is 31.2 Å². The predicted molar refractivity (Wildman–Crippen MR) is 82.4 cm³/mol. The molecular weight excluding hydrogens is 268 g/mol. The third-order valence-electron chi connectivity index (χ3n) is 3.21. The second kappa shape index (κ2) is 6.83. The first-order valence-electron chi connectivity index (χ1n) is 6.64. The summed E-state index contributed by atoms with van der Waals surface area (Å²) in [5.74, 6) is 1.90. The molecule has 21 heavy (non-hydrogen) atoms. The Morgan fingerprint density at radius 2 is 1.71 bits per heavy atom. The van der Waals surface area contributed by atoms with E-state index in [0.29, 0.717) is 23.8 Å². The van der Waals surface area contributed by atoms with E-state index < -0.39 is 0 Å². The van der Waals surface area contributed by atoms with Gasteiger partial charge in [-0.1, -0.05) is 0 Å². The maximum Gasteiger partial charge on any atom is 0.203 e. The number of aromatic nitrogens is 1. The molecule has 1 aromatic carbocycles. The van der Waals surface area contributed by atoms with Crippen LogP contribution in [0.15, 0.2) is 30.5 Å². The molecule has 0 fully saturated rings. The zero-order valence-corrected chi connectivity index (χ0v) is 12.8. The molecule has 1 heterocycles. The third kappa shape index (κ3) is 3.37. The minimum Gasteiger partial charge on any atom is -0.493 e. The highest BCUT2D eigenvalue weighted by Gasteiger charge is 2.13. The number of benzene rings is 1. The Kier molecular flexibility index (Phi) is 4.87. The number of aryl methyl sites for hydroxylation is 1. The fourth-order valence-corrected chi connectivity index (χ4v) is 2.11. The summed E-state index contributed by atoms with van der Waals surface area (Å²) in [5, 5.41) is 3.35. The van der Waals surface area contributed by atoms with Crippen molar-refractivity contribution in [2.75, 3.05) is 26.6 Å². The summed E-state index contributed by atoms with van der Waals surface area (Å²) in [4.78, 5) is 4.25. The zero-order chi connectivity index (χ0) is 15.2. The molecule has 0 spiro atoms. The molecule has 5 nitrogen and oxygen atoms in total. The minimum atomic E-state index is 0.598. The van der Waals surface area contributed by atoms with Gasteiger partial charge in [0.25, 0.3) is 0 Å². The van der Waals surface area contributed by atoms with E-state index in [1.54, 1.807) is 27.5 Å². The Morgan fingerprint density at radius 1 is 1.05 bits per heavy atom. The van der Waals surface area contributed by atoms with Crippen molar-refractivity contribution in [2.45, 2.75) is 13.5 Å². The topological polar surface area (TPSA) is 52.6 Å². The van der Waals surface area contributed by atoms with Crippen molar-refractivity contribution >= 4 is 5.69 Å². The van der Waals surface area contributed by atoms with Crippen LogP contribution in [0.2, 0.25) is 0 Å². The van der Waals surface area contributed by atoms with E-state index in [9.17, 15) is 0 Å². The number of hydrogen-bond donors (Lipinski definition) is 1. The molecule has 0 amide bonds. The lowest BCUT2D eigenvalue weighted by molar-refractivity contribution is 0.324. The molecule has 2 rings (SSSR count). The van der Waals surface area contributed by atoms with Crippen molar-refractivity contribution in [1.29, 1.82) is 0 Å². The first-order valence-corrected chi connectivity index (χ1v) is 6.64. The van der Waals surface area contributed by atoms with Crippen molar-refractivity contribution in [3.63, 3.8) is 0 Å². The number of hydrogen-bond acceptors (Lipinski definition) is 5. The number of pyridine rings is 1. The van der Waals surface area contributed by atoms with Crippen LogP contribution >= 0.6 is 0 Å².